The zero-order chi connectivity index (χ0) is 27.1. The van der Waals surface area contributed by atoms with Gasteiger partial charge in [0.1, 0.15) is 5.01 Å². The zero-order valence-electron chi connectivity index (χ0n) is 19.5. The first-order valence-electron chi connectivity index (χ1n) is 10.7. The fraction of sp³-hybridized carbons (Fsp3) is 0.0400. The Morgan fingerprint density at radius 1 is 0.947 bits per heavy atom. The lowest BCUT2D eigenvalue weighted by molar-refractivity contribution is -0.136. The van der Waals surface area contributed by atoms with Crippen LogP contribution in [-0.2, 0) is 9.59 Å². The molecular weight excluding hydrogens is 553 g/mol. The molecule has 38 heavy (non-hydrogen) atoms. The predicted octanol–water partition coefficient (Wildman–Crippen LogP) is 4.83. The number of ether oxygens (including phenoxy) is 2. The van der Waals surface area contributed by atoms with Crippen LogP contribution in [0.15, 0.2) is 71.8 Å². The summed E-state index contributed by atoms with van der Waals surface area (Å²) in [5, 5.41) is 15.3. The van der Waals surface area contributed by atoms with Crippen LogP contribution in [-0.4, -0.2) is 41.3 Å². The number of esters is 1. The molecule has 1 aromatic heterocycles. The van der Waals surface area contributed by atoms with Crippen LogP contribution in [0.5, 0.6) is 11.5 Å². The first-order valence-corrected chi connectivity index (χ1v) is 12.3. The average molecular weight is 570 g/mol. The van der Waals surface area contributed by atoms with Gasteiger partial charge in [0.15, 0.2) is 11.5 Å². The number of hydrogen-bond acceptors (Lipinski definition) is 9. The summed E-state index contributed by atoms with van der Waals surface area (Å²) in [7, 11) is 1.39. The number of hydrazone groups is 1. The summed E-state index contributed by atoms with van der Waals surface area (Å²) in [6.07, 6.45) is 1.29. The van der Waals surface area contributed by atoms with Gasteiger partial charge < -0.3 is 9.47 Å². The molecule has 0 aliphatic carbocycles. The number of benzene rings is 3. The van der Waals surface area contributed by atoms with Gasteiger partial charge in [-0.25, -0.2) is 10.2 Å². The van der Waals surface area contributed by atoms with E-state index in [1.54, 1.807) is 6.07 Å². The minimum atomic E-state index is -1.00. The Morgan fingerprint density at radius 2 is 1.74 bits per heavy atom. The van der Waals surface area contributed by atoms with Crippen molar-refractivity contribution >= 4 is 63.7 Å². The predicted molar refractivity (Wildman–Crippen MR) is 144 cm³/mol. The standard InChI is InChI=1S/C25H17Cl2N5O5S/c1-36-20-11-14(7-10-19(20)37-24(35)17-9-8-16(26)12-18(17)27)13-28-30-22(34)21(33)29-25-32-31-23(38-25)15-5-3-2-4-6-15/h2-13H,1H3,(H,30,34)(H,29,32,33)/b28-13+. The number of carbonyl (C=O) groups excluding carboxylic acids is 3. The zero-order valence-corrected chi connectivity index (χ0v) is 21.8. The maximum atomic E-state index is 12.5. The lowest BCUT2D eigenvalue weighted by atomic mass is 10.2. The van der Waals surface area contributed by atoms with Crippen molar-refractivity contribution in [1.82, 2.24) is 15.6 Å². The molecule has 4 rings (SSSR count). The van der Waals surface area contributed by atoms with Crippen LogP contribution in [0.25, 0.3) is 10.6 Å². The Morgan fingerprint density at radius 3 is 2.47 bits per heavy atom. The second-order valence-corrected chi connectivity index (χ2v) is 9.18. The number of anilines is 1. The van der Waals surface area contributed by atoms with E-state index in [1.807, 2.05) is 30.3 Å². The smallest absolute Gasteiger partial charge is 0.345 e. The number of carbonyl (C=O) groups is 3. The van der Waals surface area contributed by atoms with Crippen molar-refractivity contribution < 1.29 is 23.9 Å². The summed E-state index contributed by atoms with van der Waals surface area (Å²) in [5.41, 5.74) is 3.59. The van der Waals surface area contributed by atoms with Gasteiger partial charge in [0.25, 0.3) is 0 Å². The van der Waals surface area contributed by atoms with Crippen molar-refractivity contribution in [3.8, 4) is 22.1 Å². The molecular formula is C25H17Cl2N5O5S. The molecule has 0 atom stereocenters. The lowest BCUT2D eigenvalue weighted by Crippen LogP contribution is -2.32. The highest BCUT2D eigenvalue weighted by molar-refractivity contribution is 7.18. The highest BCUT2D eigenvalue weighted by atomic mass is 35.5. The average Bonchev–Trinajstić information content (AvgIpc) is 3.38. The van der Waals surface area contributed by atoms with Crippen LogP contribution in [0.2, 0.25) is 10.0 Å². The van der Waals surface area contributed by atoms with Crippen molar-refractivity contribution in [3.63, 3.8) is 0 Å². The third kappa shape index (κ3) is 6.71. The molecule has 0 unspecified atom stereocenters. The Balaban J connectivity index is 1.34. The van der Waals surface area contributed by atoms with E-state index in [9.17, 15) is 14.4 Å². The molecule has 1 heterocycles. The second-order valence-electron chi connectivity index (χ2n) is 7.36. The van der Waals surface area contributed by atoms with Gasteiger partial charge in [-0.05, 0) is 42.0 Å². The number of nitrogens with one attached hydrogen (secondary N) is 2. The molecule has 0 fully saturated rings. The minimum Gasteiger partial charge on any atom is -0.493 e. The number of rotatable bonds is 7. The van der Waals surface area contributed by atoms with Crippen molar-refractivity contribution in [1.29, 1.82) is 0 Å². The number of hydrogen-bond donors (Lipinski definition) is 2. The largest absolute Gasteiger partial charge is 0.493 e. The van der Waals surface area contributed by atoms with Crippen LogP contribution < -0.4 is 20.2 Å². The van der Waals surface area contributed by atoms with E-state index < -0.39 is 17.8 Å². The third-order valence-electron chi connectivity index (χ3n) is 4.79. The van der Waals surface area contributed by atoms with Crippen LogP contribution in [0.4, 0.5) is 5.13 Å². The first kappa shape index (κ1) is 26.7. The number of methoxy groups -OCH3 is 1. The van der Waals surface area contributed by atoms with Crippen LogP contribution in [0.3, 0.4) is 0 Å². The molecule has 0 spiro atoms. The molecule has 0 saturated carbocycles. The maximum absolute atomic E-state index is 12.5. The van der Waals surface area contributed by atoms with E-state index >= 15 is 0 Å². The highest BCUT2D eigenvalue weighted by Gasteiger charge is 2.17. The number of nitrogens with zero attached hydrogens (tertiary/aromatic N) is 3. The van der Waals surface area contributed by atoms with E-state index in [0.717, 1.165) is 16.9 Å². The van der Waals surface area contributed by atoms with Gasteiger partial charge in [-0.1, -0.05) is 64.9 Å². The summed E-state index contributed by atoms with van der Waals surface area (Å²) in [4.78, 5) is 36.8. The quantitative estimate of drug-likeness (QED) is 0.107. The molecule has 0 saturated heterocycles. The van der Waals surface area contributed by atoms with Gasteiger partial charge in [0, 0.05) is 10.6 Å². The summed E-state index contributed by atoms with van der Waals surface area (Å²) in [6, 6.07) is 18.3. The van der Waals surface area contributed by atoms with Gasteiger partial charge in [0.2, 0.25) is 5.13 Å². The number of amides is 2. The van der Waals surface area contributed by atoms with E-state index in [-0.39, 0.29) is 27.2 Å². The number of aromatic nitrogens is 2. The lowest BCUT2D eigenvalue weighted by Gasteiger charge is -2.10. The monoisotopic (exact) mass is 569 g/mol. The Kier molecular flexibility index (Phi) is 8.64. The molecule has 3 aromatic carbocycles. The summed E-state index contributed by atoms with van der Waals surface area (Å²) < 4.78 is 10.7. The first-order chi connectivity index (χ1) is 18.3. The van der Waals surface area contributed by atoms with Crippen molar-refractivity contribution in [3.05, 3.63) is 87.9 Å². The summed E-state index contributed by atoms with van der Waals surface area (Å²) in [5.74, 6) is -2.30. The van der Waals surface area contributed by atoms with E-state index in [4.69, 9.17) is 32.7 Å². The normalized spacial score (nSPS) is 10.7. The summed E-state index contributed by atoms with van der Waals surface area (Å²) >= 11 is 13.1. The van der Waals surface area contributed by atoms with E-state index in [2.05, 4.69) is 26.0 Å². The van der Waals surface area contributed by atoms with Crippen molar-refractivity contribution in [2.24, 2.45) is 5.10 Å². The fourth-order valence-corrected chi connectivity index (χ4v) is 4.23. The van der Waals surface area contributed by atoms with Gasteiger partial charge in [0.05, 0.1) is 23.9 Å². The maximum Gasteiger partial charge on any atom is 0.345 e. The third-order valence-corrected chi connectivity index (χ3v) is 6.23. The van der Waals surface area contributed by atoms with Crippen molar-refractivity contribution in [2.45, 2.75) is 0 Å². The van der Waals surface area contributed by atoms with E-state index in [0.29, 0.717) is 15.6 Å². The van der Waals surface area contributed by atoms with Crippen molar-refractivity contribution in [2.75, 3.05) is 12.4 Å². The molecule has 2 N–H and O–H groups in total. The van der Waals surface area contributed by atoms with Gasteiger partial charge in [-0.3, -0.25) is 14.9 Å². The Bertz CT molecular complexity index is 1530. The molecule has 0 bridgehead atoms. The van der Waals surface area contributed by atoms with Gasteiger partial charge >= 0.3 is 17.8 Å². The molecule has 0 aliphatic heterocycles. The summed E-state index contributed by atoms with van der Waals surface area (Å²) in [6.45, 7) is 0. The number of halogens is 2. The minimum absolute atomic E-state index is 0.134. The highest BCUT2D eigenvalue weighted by Crippen LogP contribution is 2.30. The van der Waals surface area contributed by atoms with Crippen LogP contribution >= 0.6 is 34.5 Å². The Labute approximate surface area is 230 Å². The fourth-order valence-electron chi connectivity index (χ4n) is 3.00. The van der Waals surface area contributed by atoms with Crippen LogP contribution in [0, 0.1) is 0 Å². The molecule has 0 radical (unpaired) electrons. The van der Waals surface area contributed by atoms with Crippen LogP contribution in [0.1, 0.15) is 15.9 Å². The topological polar surface area (TPSA) is 132 Å². The molecule has 4 aromatic rings. The molecule has 192 valence electrons. The molecule has 10 nitrogen and oxygen atoms in total. The van der Waals surface area contributed by atoms with Gasteiger partial charge in [-0.15, -0.1) is 10.2 Å². The van der Waals surface area contributed by atoms with E-state index in [1.165, 1.54) is 43.7 Å². The SMILES string of the molecule is COc1cc(/C=N/NC(=O)C(=O)Nc2nnc(-c3ccccc3)s2)ccc1OC(=O)c1ccc(Cl)cc1Cl. The molecule has 2 amide bonds. The Hall–Kier alpha value is -4.32. The molecule has 13 heteroatoms. The molecule has 0 aliphatic rings. The second kappa shape index (κ2) is 12.3. The van der Waals surface area contributed by atoms with Gasteiger partial charge in [-0.2, -0.15) is 5.10 Å².